The van der Waals surface area contributed by atoms with Crippen molar-refractivity contribution in [3.05, 3.63) is 28.2 Å². The SMILES string of the molecule is CNC(=O)C1COCCN1c1cc(Br)ccc1CN. The molecule has 0 radical (unpaired) electrons. The molecular formula is C13H18BrN3O2. The van der Waals surface area contributed by atoms with E-state index in [1.165, 1.54) is 0 Å². The van der Waals surface area contributed by atoms with Gasteiger partial charge in [-0.1, -0.05) is 22.0 Å². The summed E-state index contributed by atoms with van der Waals surface area (Å²) >= 11 is 3.47. The Hall–Kier alpha value is -1.11. The molecule has 1 aromatic carbocycles. The van der Waals surface area contributed by atoms with E-state index in [0.717, 1.165) is 15.7 Å². The van der Waals surface area contributed by atoms with E-state index in [2.05, 4.69) is 26.1 Å². The number of carbonyl (C=O) groups is 1. The van der Waals surface area contributed by atoms with Crippen LogP contribution in [0.15, 0.2) is 22.7 Å². The van der Waals surface area contributed by atoms with Crippen LogP contribution in [0.25, 0.3) is 0 Å². The summed E-state index contributed by atoms with van der Waals surface area (Å²) in [4.78, 5) is 14.0. The van der Waals surface area contributed by atoms with E-state index < -0.39 is 0 Å². The van der Waals surface area contributed by atoms with E-state index in [1.54, 1.807) is 7.05 Å². The van der Waals surface area contributed by atoms with Crippen LogP contribution in [0.1, 0.15) is 5.56 Å². The number of amides is 1. The van der Waals surface area contributed by atoms with Gasteiger partial charge in [0, 0.05) is 30.3 Å². The number of anilines is 1. The molecule has 1 aliphatic rings. The first-order valence-electron chi connectivity index (χ1n) is 6.22. The summed E-state index contributed by atoms with van der Waals surface area (Å²) in [5, 5.41) is 2.68. The number of nitrogens with two attached hydrogens (primary N) is 1. The zero-order valence-corrected chi connectivity index (χ0v) is 12.4. The van der Waals surface area contributed by atoms with Crippen LogP contribution in [0.5, 0.6) is 0 Å². The molecule has 0 aromatic heterocycles. The van der Waals surface area contributed by atoms with Crippen molar-refractivity contribution in [2.45, 2.75) is 12.6 Å². The average Bonchev–Trinajstić information content (AvgIpc) is 2.46. The van der Waals surface area contributed by atoms with Crippen molar-refractivity contribution in [2.24, 2.45) is 5.73 Å². The Balaban J connectivity index is 2.36. The third kappa shape index (κ3) is 3.08. The number of morpholine rings is 1. The van der Waals surface area contributed by atoms with Crippen molar-refractivity contribution in [1.82, 2.24) is 5.32 Å². The standard InChI is InChI=1S/C13H18BrN3O2/c1-16-13(18)12-8-19-5-4-17(12)11-6-10(14)3-2-9(11)7-15/h2-3,6,12H,4-5,7-8,15H2,1H3,(H,16,18). The van der Waals surface area contributed by atoms with Crippen molar-refractivity contribution >= 4 is 27.5 Å². The fourth-order valence-corrected chi connectivity index (χ4v) is 2.60. The molecule has 1 fully saturated rings. The van der Waals surface area contributed by atoms with Crippen LogP contribution >= 0.6 is 15.9 Å². The minimum Gasteiger partial charge on any atom is -0.377 e. The van der Waals surface area contributed by atoms with Crippen LogP contribution in [0.3, 0.4) is 0 Å². The first-order chi connectivity index (χ1) is 9.17. The zero-order chi connectivity index (χ0) is 13.8. The molecule has 6 heteroatoms. The first kappa shape index (κ1) is 14.3. The molecule has 1 atom stereocenters. The highest BCUT2D eigenvalue weighted by Gasteiger charge is 2.30. The number of carbonyl (C=O) groups excluding carboxylic acids is 1. The van der Waals surface area contributed by atoms with E-state index >= 15 is 0 Å². The minimum atomic E-state index is -0.307. The number of nitrogens with zero attached hydrogens (tertiary/aromatic N) is 1. The van der Waals surface area contributed by atoms with E-state index in [1.807, 2.05) is 18.2 Å². The van der Waals surface area contributed by atoms with E-state index in [-0.39, 0.29) is 11.9 Å². The molecule has 0 aliphatic carbocycles. The van der Waals surface area contributed by atoms with Gasteiger partial charge in [0.05, 0.1) is 13.2 Å². The smallest absolute Gasteiger partial charge is 0.244 e. The number of nitrogens with one attached hydrogen (secondary N) is 1. The van der Waals surface area contributed by atoms with E-state index in [9.17, 15) is 4.79 Å². The molecule has 2 rings (SSSR count). The Labute approximate surface area is 121 Å². The number of benzene rings is 1. The molecule has 1 aromatic rings. The van der Waals surface area contributed by atoms with Gasteiger partial charge < -0.3 is 20.7 Å². The maximum atomic E-state index is 12.0. The molecule has 0 saturated carbocycles. The van der Waals surface area contributed by atoms with Crippen molar-refractivity contribution < 1.29 is 9.53 Å². The zero-order valence-electron chi connectivity index (χ0n) is 10.9. The lowest BCUT2D eigenvalue weighted by Crippen LogP contribution is -2.53. The summed E-state index contributed by atoms with van der Waals surface area (Å²) in [6.45, 7) is 2.14. The quantitative estimate of drug-likeness (QED) is 0.864. The van der Waals surface area contributed by atoms with Gasteiger partial charge in [-0.05, 0) is 17.7 Å². The minimum absolute atomic E-state index is 0.0392. The number of hydrogen-bond acceptors (Lipinski definition) is 4. The summed E-state index contributed by atoms with van der Waals surface area (Å²) in [7, 11) is 1.64. The highest BCUT2D eigenvalue weighted by atomic mass is 79.9. The maximum Gasteiger partial charge on any atom is 0.244 e. The lowest BCUT2D eigenvalue weighted by molar-refractivity contribution is -0.124. The molecule has 1 aliphatic heterocycles. The molecule has 104 valence electrons. The number of halogens is 1. The first-order valence-corrected chi connectivity index (χ1v) is 7.01. The Kier molecular flexibility index (Phi) is 4.79. The number of hydrogen-bond donors (Lipinski definition) is 2. The summed E-state index contributed by atoms with van der Waals surface area (Å²) in [6, 6.07) is 5.64. The third-order valence-electron chi connectivity index (χ3n) is 3.25. The van der Waals surface area contributed by atoms with Crippen LogP contribution < -0.4 is 16.0 Å². The fourth-order valence-electron chi connectivity index (χ4n) is 2.25. The van der Waals surface area contributed by atoms with Crippen LogP contribution in [0, 0.1) is 0 Å². The van der Waals surface area contributed by atoms with Crippen molar-refractivity contribution in [1.29, 1.82) is 0 Å². The summed E-state index contributed by atoms with van der Waals surface area (Å²) < 4.78 is 6.39. The van der Waals surface area contributed by atoms with E-state index in [0.29, 0.717) is 26.3 Å². The average molecular weight is 328 g/mol. The monoisotopic (exact) mass is 327 g/mol. The van der Waals surface area contributed by atoms with Crippen molar-refractivity contribution in [3.63, 3.8) is 0 Å². The van der Waals surface area contributed by atoms with Gasteiger partial charge in [-0.2, -0.15) is 0 Å². The number of ether oxygens (including phenoxy) is 1. The second-order valence-corrected chi connectivity index (χ2v) is 5.29. The predicted molar refractivity (Wildman–Crippen MR) is 78.1 cm³/mol. The van der Waals surface area contributed by atoms with Crippen LogP contribution in [-0.2, 0) is 16.1 Å². The van der Waals surface area contributed by atoms with Crippen LogP contribution in [0.2, 0.25) is 0 Å². The van der Waals surface area contributed by atoms with Gasteiger partial charge in [-0.3, -0.25) is 4.79 Å². The fraction of sp³-hybridized carbons (Fsp3) is 0.462. The molecule has 0 bridgehead atoms. The topological polar surface area (TPSA) is 67.6 Å². The largest absolute Gasteiger partial charge is 0.377 e. The van der Waals surface area contributed by atoms with Gasteiger partial charge >= 0.3 is 0 Å². The van der Waals surface area contributed by atoms with Gasteiger partial charge in [0.2, 0.25) is 5.91 Å². The predicted octanol–water partition coefficient (Wildman–Crippen LogP) is 0.859. The normalized spacial score (nSPS) is 19.3. The molecule has 3 N–H and O–H groups in total. The molecule has 1 unspecified atom stereocenters. The third-order valence-corrected chi connectivity index (χ3v) is 3.75. The van der Waals surface area contributed by atoms with Crippen molar-refractivity contribution in [2.75, 3.05) is 31.7 Å². The summed E-state index contributed by atoms with van der Waals surface area (Å²) in [6.07, 6.45) is 0. The molecule has 1 amide bonds. The second-order valence-electron chi connectivity index (χ2n) is 4.38. The Morgan fingerprint density at radius 3 is 3.11 bits per heavy atom. The van der Waals surface area contributed by atoms with Gasteiger partial charge in [0.1, 0.15) is 6.04 Å². The lowest BCUT2D eigenvalue weighted by Gasteiger charge is -2.37. The highest BCUT2D eigenvalue weighted by molar-refractivity contribution is 9.10. The molecular weight excluding hydrogens is 310 g/mol. The highest BCUT2D eigenvalue weighted by Crippen LogP contribution is 2.28. The van der Waals surface area contributed by atoms with Crippen LogP contribution in [0.4, 0.5) is 5.69 Å². The van der Waals surface area contributed by atoms with Gasteiger partial charge in [0.25, 0.3) is 0 Å². The van der Waals surface area contributed by atoms with Crippen molar-refractivity contribution in [3.8, 4) is 0 Å². The maximum absolute atomic E-state index is 12.0. The second kappa shape index (κ2) is 6.36. The van der Waals surface area contributed by atoms with Crippen LogP contribution in [-0.4, -0.2) is 38.8 Å². The van der Waals surface area contributed by atoms with Gasteiger partial charge in [0.15, 0.2) is 0 Å². The molecule has 1 saturated heterocycles. The summed E-state index contributed by atoms with van der Waals surface area (Å²) in [5.74, 6) is -0.0392. The number of rotatable bonds is 3. The van der Waals surface area contributed by atoms with Gasteiger partial charge in [-0.25, -0.2) is 0 Å². The molecule has 19 heavy (non-hydrogen) atoms. The number of likely N-dealkylation sites (N-methyl/N-ethyl adjacent to an activating group) is 1. The van der Waals surface area contributed by atoms with Gasteiger partial charge in [-0.15, -0.1) is 0 Å². The Morgan fingerprint density at radius 2 is 2.42 bits per heavy atom. The Bertz CT molecular complexity index is 467. The molecule has 1 heterocycles. The van der Waals surface area contributed by atoms with E-state index in [4.69, 9.17) is 10.5 Å². The summed E-state index contributed by atoms with van der Waals surface area (Å²) in [5.41, 5.74) is 7.81. The molecule has 0 spiro atoms. The molecule has 5 nitrogen and oxygen atoms in total. The Morgan fingerprint density at radius 1 is 1.63 bits per heavy atom. The lowest BCUT2D eigenvalue weighted by atomic mass is 10.1.